The largest absolute Gasteiger partial charge is 0.445 e. The molecule has 2 saturated carbocycles. The molecular weight excluding hydrogens is 835 g/mol. The number of nitrogens with zero attached hydrogens (tertiary/aromatic N) is 3. The molecular formula is C49H61N5O11. The fraction of sp³-hybridized carbons (Fsp3) is 0.490. The fourth-order valence-corrected chi connectivity index (χ4v) is 9.31. The Morgan fingerprint density at radius 1 is 0.662 bits per heavy atom. The number of likely N-dealkylation sites (tertiary alicyclic amines) is 3. The van der Waals surface area contributed by atoms with E-state index in [0.29, 0.717) is 38.1 Å². The molecule has 5 unspecified atom stereocenters. The van der Waals surface area contributed by atoms with Crippen molar-refractivity contribution in [2.75, 3.05) is 26.2 Å². The quantitative estimate of drug-likeness (QED) is 0.172. The molecule has 16 heteroatoms. The number of ether oxygens (including phenoxy) is 3. The van der Waals surface area contributed by atoms with E-state index in [0.717, 1.165) is 66.7 Å². The normalized spacial score (nSPS) is 24.5. The molecule has 6 fully saturated rings. The lowest BCUT2D eigenvalue weighted by Gasteiger charge is -2.50. The number of ketones is 2. The lowest BCUT2D eigenvalue weighted by atomic mass is 9.73. The predicted molar refractivity (Wildman–Crippen MR) is 238 cm³/mol. The highest BCUT2D eigenvalue weighted by molar-refractivity contribution is 6.09. The number of benzene rings is 3. The van der Waals surface area contributed by atoms with E-state index in [1.54, 1.807) is 29.2 Å². The average Bonchev–Trinajstić information content (AvgIpc) is 4.12. The standard InChI is InChI=1S/C26H29N3O7.C15H17NO3.C7H11NO.CH4/c1-18(30)21(27-24(33)35-15-19-9-4-2-5-10-19)22(31)28-17-26(23(28)32)13-8-14-29(26)25(34)36-16-20-11-6-3-7-12-20;17-13-7-9-15(13)8-4-10-16(15)14(18)19-11-12-5-2-1-3-6-12;9-6-2-4-7(6)3-1-5-8-7;/h2-7,9-12,18,21,30H,8,13-17H2,1H3,(H,27,33);1-3,5-6H,4,7-11H2;8H,1-5H2;1H4. The van der Waals surface area contributed by atoms with E-state index in [2.05, 4.69) is 10.6 Å². The summed E-state index contributed by atoms with van der Waals surface area (Å²) in [6, 6.07) is 26.4. The molecule has 3 spiro atoms. The van der Waals surface area contributed by atoms with Crippen molar-refractivity contribution in [3.8, 4) is 0 Å². The van der Waals surface area contributed by atoms with Crippen LogP contribution in [0.1, 0.15) is 95.2 Å². The van der Waals surface area contributed by atoms with Gasteiger partial charge in [0.15, 0.2) is 11.6 Å². The summed E-state index contributed by atoms with van der Waals surface area (Å²) < 4.78 is 15.9. The van der Waals surface area contributed by atoms with Gasteiger partial charge in [-0.3, -0.25) is 33.9 Å². The second-order valence-corrected chi connectivity index (χ2v) is 17.3. The van der Waals surface area contributed by atoms with Gasteiger partial charge >= 0.3 is 18.3 Å². The van der Waals surface area contributed by atoms with Gasteiger partial charge in [0.05, 0.1) is 18.2 Å². The number of carbonyl (C=O) groups excluding carboxylic acids is 7. The first kappa shape index (κ1) is 48.3. The zero-order valence-electron chi connectivity index (χ0n) is 36.2. The number of rotatable bonds is 9. The summed E-state index contributed by atoms with van der Waals surface area (Å²) in [6.45, 7) is 3.65. The van der Waals surface area contributed by atoms with Gasteiger partial charge in [0.2, 0.25) is 0 Å². The summed E-state index contributed by atoms with van der Waals surface area (Å²) in [5.74, 6) is -0.671. The molecule has 3 aromatic rings. The Labute approximate surface area is 379 Å². The minimum absolute atomic E-state index is 0. The maximum Gasteiger partial charge on any atom is 0.411 e. The van der Waals surface area contributed by atoms with Crippen LogP contribution in [0.15, 0.2) is 91.0 Å². The fourth-order valence-electron chi connectivity index (χ4n) is 9.31. The average molecular weight is 896 g/mol. The number of imide groups is 1. The summed E-state index contributed by atoms with van der Waals surface area (Å²) in [6.07, 6.45) is 5.12. The van der Waals surface area contributed by atoms with Crippen molar-refractivity contribution in [2.45, 2.75) is 127 Å². The third-order valence-corrected chi connectivity index (χ3v) is 13.2. The topological polar surface area (TPSA) is 201 Å². The first-order valence-corrected chi connectivity index (χ1v) is 22.2. The monoisotopic (exact) mass is 895 g/mol. The molecule has 9 rings (SSSR count). The zero-order chi connectivity index (χ0) is 45.3. The Morgan fingerprint density at radius 2 is 1.15 bits per heavy atom. The zero-order valence-corrected chi connectivity index (χ0v) is 36.2. The van der Waals surface area contributed by atoms with Crippen molar-refractivity contribution in [2.24, 2.45) is 0 Å². The summed E-state index contributed by atoms with van der Waals surface area (Å²) in [4.78, 5) is 90.1. The molecule has 4 saturated heterocycles. The van der Waals surface area contributed by atoms with Crippen molar-refractivity contribution >= 4 is 41.7 Å². The number of nitrogens with one attached hydrogen (secondary N) is 2. The second kappa shape index (κ2) is 21.2. The molecule has 3 aromatic carbocycles. The van der Waals surface area contributed by atoms with Gasteiger partial charge in [0.25, 0.3) is 11.8 Å². The number of aliphatic hydroxyl groups is 1. The molecule has 5 amide bonds. The Hall–Kier alpha value is -6.13. The minimum Gasteiger partial charge on any atom is -0.445 e. The maximum absolute atomic E-state index is 13.2. The summed E-state index contributed by atoms with van der Waals surface area (Å²) in [5, 5.41) is 15.8. The van der Waals surface area contributed by atoms with Gasteiger partial charge in [-0.1, -0.05) is 98.4 Å². The Kier molecular flexibility index (Phi) is 15.8. The molecule has 2 aliphatic carbocycles. The molecule has 4 heterocycles. The van der Waals surface area contributed by atoms with Crippen molar-refractivity contribution in [3.63, 3.8) is 0 Å². The van der Waals surface area contributed by atoms with Crippen LogP contribution in [0, 0.1) is 0 Å². The van der Waals surface area contributed by atoms with E-state index in [1.807, 2.05) is 66.7 Å². The highest BCUT2D eigenvalue weighted by Crippen LogP contribution is 2.43. The minimum atomic E-state index is -1.38. The third kappa shape index (κ3) is 10.5. The van der Waals surface area contributed by atoms with Gasteiger partial charge in [-0.15, -0.1) is 0 Å². The highest BCUT2D eigenvalue weighted by atomic mass is 16.6. The Balaban J connectivity index is 0.000000198. The van der Waals surface area contributed by atoms with Gasteiger partial charge < -0.3 is 30.0 Å². The highest BCUT2D eigenvalue weighted by Gasteiger charge is 2.63. The van der Waals surface area contributed by atoms with E-state index in [9.17, 15) is 38.7 Å². The summed E-state index contributed by atoms with van der Waals surface area (Å²) in [7, 11) is 0. The van der Waals surface area contributed by atoms with Crippen molar-refractivity contribution in [1.29, 1.82) is 0 Å². The number of aliphatic hydroxyl groups excluding tert-OH is 1. The molecule has 65 heavy (non-hydrogen) atoms. The van der Waals surface area contributed by atoms with Crippen LogP contribution < -0.4 is 10.6 Å². The first-order chi connectivity index (χ1) is 30.9. The molecule has 0 bridgehead atoms. The molecule has 0 radical (unpaired) electrons. The van der Waals surface area contributed by atoms with Crippen LogP contribution in [0.25, 0.3) is 0 Å². The van der Waals surface area contributed by atoms with E-state index in [-0.39, 0.29) is 51.2 Å². The number of alkyl carbamates (subject to hydrolysis) is 1. The summed E-state index contributed by atoms with van der Waals surface area (Å²) in [5.41, 5.74) is 0.853. The van der Waals surface area contributed by atoms with Gasteiger partial charge in [-0.2, -0.15) is 0 Å². The SMILES string of the molecule is C.CC(O)C(NC(=O)OCc1ccccc1)C(=O)N1CC2(CCCN2C(=O)OCc2ccccc2)C1=O.O=C(OCc1ccccc1)N1CCCC12CCC2=O.O=C1CCC12CCCN2. The van der Waals surface area contributed by atoms with Crippen molar-refractivity contribution in [3.05, 3.63) is 108 Å². The van der Waals surface area contributed by atoms with Gasteiger partial charge in [-0.25, -0.2) is 14.4 Å². The van der Waals surface area contributed by atoms with Crippen LogP contribution in [0.5, 0.6) is 0 Å². The molecule has 4 aliphatic heterocycles. The lowest BCUT2D eigenvalue weighted by molar-refractivity contribution is -0.170. The van der Waals surface area contributed by atoms with Gasteiger partial charge in [0.1, 0.15) is 36.9 Å². The Morgan fingerprint density at radius 3 is 1.54 bits per heavy atom. The molecule has 0 aromatic heterocycles. The van der Waals surface area contributed by atoms with E-state index >= 15 is 0 Å². The van der Waals surface area contributed by atoms with E-state index in [4.69, 9.17) is 14.2 Å². The van der Waals surface area contributed by atoms with Gasteiger partial charge in [-0.05, 0) is 81.5 Å². The van der Waals surface area contributed by atoms with Crippen LogP contribution in [0.2, 0.25) is 0 Å². The van der Waals surface area contributed by atoms with Crippen LogP contribution in [0.3, 0.4) is 0 Å². The number of hydrogen-bond donors (Lipinski definition) is 3. The first-order valence-electron chi connectivity index (χ1n) is 22.2. The third-order valence-electron chi connectivity index (χ3n) is 13.2. The van der Waals surface area contributed by atoms with Crippen molar-refractivity contribution < 1.29 is 52.9 Å². The second-order valence-electron chi connectivity index (χ2n) is 17.3. The molecule has 348 valence electrons. The van der Waals surface area contributed by atoms with Crippen molar-refractivity contribution in [1.82, 2.24) is 25.3 Å². The Bertz CT molecular complexity index is 2160. The number of hydrogen-bond acceptors (Lipinski definition) is 12. The van der Waals surface area contributed by atoms with E-state index in [1.165, 1.54) is 18.2 Å². The van der Waals surface area contributed by atoms with Crippen LogP contribution in [-0.2, 0) is 53.2 Å². The predicted octanol–water partition coefficient (Wildman–Crippen LogP) is 5.83. The lowest BCUT2D eigenvalue weighted by Crippen LogP contribution is -2.76. The van der Waals surface area contributed by atoms with E-state index < -0.39 is 47.2 Å². The molecule has 16 nitrogen and oxygen atoms in total. The molecule has 3 N–H and O–H groups in total. The number of β-lactam (4-membered cyclic amide) rings is 1. The summed E-state index contributed by atoms with van der Waals surface area (Å²) >= 11 is 0. The molecule has 5 atom stereocenters. The smallest absolute Gasteiger partial charge is 0.411 e. The maximum atomic E-state index is 13.2. The number of amides is 5. The van der Waals surface area contributed by atoms with Crippen LogP contribution in [0.4, 0.5) is 14.4 Å². The van der Waals surface area contributed by atoms with Crippen LogP contribution >= 0.6 is 0 Å². The molecule has 6 aliphatic rings. The number of Topliss-reactive ketones (excluding diaryl/α,β-unsaturated/α-hetero) is 2. The number of carbonyl (C=O) groups is 7. The van der Waals surface area contributed by atoms with Gasteiger partial charge in [0, 0.05) is 25.9 Å². The van der Waals surface area contributed by atoms with Crippen LogP contribution in [-0.4, -0.2) is 116 Å².